The van der Waals surface area contributed by atoms with Gasteiger partial charge in [0.05, 0.1) is 16.8 Å². The second-order valence-corrected chi connectivity index (χ2v) is 3.83. The lowest BCUT2D eigenvalue weighted by Gasteiger charge is -1.97. The molecule has 0 aliphatic carbocycles. The molecule has 80 valence electrons. The van der Waals surface area contributed by atoms with E-state index in [0.717, 1.165) is 27.9 Å². The summed E-state index contributed by atoms with van der Waals surface area (Å²) in [5.41, 5.74) is 4.81. The molecule has 5 nitrogen and oxygen atoms in total. The van der Waals surface area contributed by atoms with Gasteiger partial charge in [-0.3, -0.25) is 0 Å². The van der Waals surface area contributed by atoms with Crippen LogP contribution in [0, 0.1) is 20.8 Å². The number of aromatic nitrogens is 4. The van der Waals surface area contributed by atoms with Crippen molar-refractivity contribution >= 4 is 22.2 Å². The molecular weight excluding hydrogens is 204 g/mol. The Hall–Kier alpha value is -2.04. The standard InChI is InChI=1S/C11H10N4O/c1-5-6(2)14-15-11-8(5)9-10(16-11)7(3)12-4-13-9/h4H,1-3H3. The minimum Gasteiger partial charge on any atom is -0.433 e. The van der Waals surface area contributed by atoms with Gasteiger partial charge < -0.3 is 4.42 Å². The predicted octanol–water partition coefficient (Wildman–Crippen LogP) is 2.09. The van der Waals surface area contributed by atoms with Gasteiger partial charge in [0.25, 0.3) is 0 Å². The van der Waals surface area contributed by atoms with Gasteiger partial charge in [0.1, 0.15) is 11.8 Å². The van der Waals surface area contributed by atoms with E-state index in [1.165, 1.54) is 0 Å². The lowest BCUT2D eigenvalue weighted by Crippen LogP contribution is -1.91. The quantitative estimate of drug-likeness (QED) is 0.573. The summed E-state index contributed by atoms with van der Waals surface area (Å²) in [5.74, 6) is 0. The molecule has 0 spiro atoms. The van der Waals surface area contributed by atoms with Crippen LogP contribution < -0.4 is 0 Å². The zero-order valence-electron chi connectivity index (χ0n) is 9.27. The van der Waals surface area contributed by atoms with Crippen LogP contribution in [0.4, 0.5) is 0 Å². The third-order valence-electron chi connectivity index (χ3n) is 2.84. The topological polar surface area (TPSA) is 64.7 Å². The highest BCUT2D eigenvalue weighted by Crippen LogP contribution is 2.29. The predicted molar refractivity (Wildman–Crippen MR) is 59.1 cm³/mol. The number of hydrogen-bond donors (Lipinski definition) is 0. The summed E-state index contributed by atoms with van der Waals surface area (Å²) >= 11 is 0. The van der Waals surface area contributed by atoms with Gasteiger partial charge in [-0.1, -0.05) is 0 Å². The zero-order chi connectivity index (χ0) is 11.3. The summed E-state index contributed by atoms with van der Waals surface area (Å²) in [7, 11) is 0. The molecule has 16 heavy (non-hydrogen) atoms. The van der Waals surface area contributed by atoms with E-state index in [-0.39, 0.29) is 0 Å². The summed E-state index contributed by atoms with van der Waals surface area (Å²) in [4.78, 5) is 8.36. The number of nitrogens with zero attached hydrogens (tertiary/aromatic N) is 4. The van der Waals surface area contributed by atoms with E-state index in [1.807, 2.05) is 20.8 Å². The van der Waals surface area contributed by atoms with E-state index < -0.39 is 0 Å². The average molecular weight is 214 g/mol. The Morgan fingerprint density at radius 2 is 1.81 bits per heavy atom. The minimum atomic E-state index is 0.529. The molecule has 0 saturated heterocycles. The maximum absolute atomic E-state index is 5.62. The molecule has 0 amide bonds. The van der Waals surface area contributed by atoms with E-state index in [1.54, 1.807) is 6.33 Å². The largest absolute Gasteiger partial charge is 0.433 e. The Balaban J connectivity index is 2.63. The number of rotatable bonds is 0. The van der Waals surface area contributed by atoms with E-state index in [2.05, 4.69) is 20.2 Å². The smallest absolute Gasteiger partial charge is 0.248 e. The van der Waals surface area contributed by atoms with Gasteiger partial charge in [0.2, 0.25) is 5.71 Å². The van der Waals surface area contributed by atoms with Crippen molar-refractivity contribution in [2.75, 3.05) is 0 Å². The Kier molecular flexibility index (Phi) is 1.71. The first-order chi connectivity index (χ1) is 7.68. The molecule has 0 aliphatic rings. The summed E-state index contributed by atoms with van der Waals surface area (Å²) in [6, 6.07) is 0. The van der Waals surface area contributed by atoms with Crippen LogP contribution in [0.1, 0.15) is 17.0 Å². The third-order valence-corrected chi connectivity index (χ3v) is 2.84. The monoisotopic (exact) mass is 214 g/mol. The number of furan rings is 1. The van der Waals surface area contributed by atoms with Crippen LogP contribution in [0.5, 0.6) is 0 Å². The van der Waals surface area contributed by atoms with Crippen LogP contribution in [0.15, 0.2) is 10.7 Å². The van der Waals surface area contributed by atoms with Crippen molar-refractivity contribution in [2.45, 2.75) is 20.8 Å². The van der Waals surface area contributed by atoms with Crippen LogP contribution in [-0.4, -0.2) is 20.2 Å². The summed E-state index contributed by atoms with van der Waals surface area (Å²) in [6.07, 6.45) is 1.54. The molecule has 3 rings (SSSR count). The van der Waals surface area contributed by atoms with Gasteiger partial charge in [-0.15, -0.1) is 5.10 Å². The first-order valence-electron chi connectivity index (χ1n) is 5.02. The second kappa shape index (κ2) is 2.98. The number of fused-ring (bicyclic) bond motifs is 3. The molecule has 0 saturated carbocycles. The van der Waals surface area contributed by atoms with Crippen LogP contribution >= 0.6 is 0 Å². The number of aryl methyl sites for hydroxylation is 3. The molecule has 3 aromatic rings. The molecule has 0 bridgehead atoms. The van der Waals surface area contributed by atoms with Crippen LogP contribution in [0.25, 0.3) is 22.2 Å². The Morgan fingerprint density at radius 1 is 1.00 bits per heavy atom. The molecule has 3 heterocycles. The Bertz CT molecular complexity index is 702. The van der Waals surface area contributed by atoms with Gasteiger partial charge in [-0.2, -0.15) is 5.10 Å². The van der Waals surface area contributed by atoms with Crippen LogP contribution in [-0.2, 0) is 0 Å². The average Bonchev–Trinajstić information content (AvgIpc) is 2.64. The fraction of sp³-hybridized carbons (Fsp3) is 0.273. The highest BCUT2D eigenvalue weighted by Gasteiger charge is 2.15. The van der Waals surface area contributed by atoms with Gasteiger partial charge in [0, 0.05) is 0 Å². The molecule has 3 aromatic heterocycles. The van der Waals surface area contributed by atoms with Crippen molar-refractivity contribution in [3.05, 3.63) is 23.3 Å². The van der Waals surface area contributed by atoms with Crippen molar-refractivity contribution in [2.24, 2.45) is 0 Å². The molecule has 0 atom stereocenters. The van der Waals surface area contributed by atoms with Crippen molar-refractivity contribution < 1.29 is 4.42 Å². The maximum Gasteiger partial charge on any atom is 0.248 e. The van der Waals surface area contributed by atoms with E-state index in [4.69, 9.17) is 4.42 Å². The molecule has 5 heteroatoms. The van der Waals surface area contributed by atoms with E-state index in [9.17, 15) is 0 Å². The van der Waals surface area contributed by atoms with Crippen molar-refractivity contribution in [3.8, 4) is 0 Å². The Labute approximate surface area is 91.5 Å². The number of hydrogen-bond acceptors (Lipinski definition) is 5. The highest BCUT2D eigenvalue weighted by atomic mass is 16.3. The fourth-order valence-corrected chi connectivity index (χ4v) is 1.80. The lowest BCUT2D eigenvalue weighted by molar-refractivity contribution is 0.637. The van der Waals surface area contributed by atoms with Crippen molar-refractivity contribution in [3.63, 3.8) is 0 Å². The molecule has 0 radical (unpaired) electrons. The minimum absolute atomic E-state index is 0.529. The van der Waals surface area contributed by atoms with E-state index >= 15 is 0 Å². The molecule has 0 N–H and O–H groups in total. The van der Waals surface area contributed by atoms with Crippen molar-refractivity contribution in [1.29, 1.82) is 0 Å². The van der Waals surface area contributed by atoms with Gasteiger partial charge in [-0.25, -0.2) is 9.97 Å². The lowest BCUT2D eigenvalue weighted by atomic mass is 10.1. The van der Waals surface area contributed by atoms with Gasteiger partial charge >= 0.3 is 0 Å². The van der Waals surface area contributed by atoms with Crippen LogP contribution in [0.3, 0.4) is 0 Å². The first kappa shape index (κ1) is 9.21. The summed E-state index contributed by atoms with van der Waals surface area (Å²) in [5, 5.41) is 9.01. The zero-order valence-corrected chi connectivity index (χ0v) is 9.27. The highest BCUT2D eigenvalue weighted by molar-refractivity contribution is 6.03. The molecule has 0 unspecified atom stereocenters. The molecular formula is C11H10N4O. The fourth-order valence-electron chi connectivity index (χ4n) is 1.80. The summed E-state index contributed by atoms with van der Waals surface area (Å²) < 4.78 is 5.62. The van der Waals surface area contributed by atoms with Crippen LogP contribution in [0.2, 0.25) is 0 Å². The van der Waals surface area contributed by atoms with Gasteiger partial charge in [0.15, 0.2) is 5.58 Å². The SMILES string of the molecule is Cc1nnc2oc3c(C)ncnc3c2c1C. The summed E-state index contributed by atoms with van der Waals surface area (Å²) in [6.45, 7) is 5.81. The van der Waals surface area contributed by atoms with E-state index in [0.29, 0.717) is 11.3 Å². The second-order valence-electron chi connectivity index (χ2n) is 3.83. The normalized spacial score (nSPS) is 11.4. The first-order valence-corrected chi connectivity index (χ1v) is 5.02. The molecule has 0 aromatic carbocycles. The maximum atomic E-state index is 5.62. The van der Waals surface area contributed by atoms with Crippen molar-refractivity contribution in [1.82, 2.24) is 20.2 Å². The molecule has 0 fully saturated rings. The third kappa shape index (κ3) is 1.05. The Morgan fingerprint density at radius 3 is 2.62 bits per heavy atom. The van der Waals surface area contributed by atoms with Gasteiger partial charge in [-0.05, 0) is 26.3 Å². The molecule has 0 aliphatic heterocycles.